The molecule has 0 saturated heterocycles. The Balaban J connectivity index is 1.39. The van der Waals surface area contributed by atoms with Crippen molar-refractivity contribution in [3.05, 3.63) is 84.7 Å². The maximum atomic E-state index is 12.5. The Bertz CT molecular complexity index is 1160. The van der Waals surface area contributed by atoms with E-state index in [2.05, 4.69) is 15.5 Å². The Morgan fingerprint density at radius 3 is 2.26 bits per heavy atom. The van der Waals surface area contributed by atoms with Gasteiger partial charge in [-0.2, -0.15) is 0 Å². The SMILES string of the molecule is COc1ccc(C(=O)Nc2ccc(Oc3ccc(-n4cccc4)nn3)cc2)cc1OC. The number of anilines is 1. The first-order valence-electron chi connectivity index (χ1n) is 9.44. The molecule has 0 aliphatic heterocycles. The highest BCUT2D eigenvalue weighted by molar-refractivity contribution is 6.04. The molecule has 0 spiro atoms. The molecule has 0 radical (unpaired) electrons. The maximum Gasteiger partial charge on any atom is 0.255 e. The molecule has 0 aliphatic carbocycles. The number of carbonyl (C=O) groups is 1. The average molecular weight is 416 g/mol. The molecule has 0 atom stereocenters. The lowest BCUT2D eigenvalue weighted by Crippen LogP contribution is -2.12. The first-order chi connectivity index (χ1) is 15.2. The number of amides is 1. The van der Waals surface area contributed by atoms with Gasteiger partial charge in [0, 0.05) is 29.7 Å². The van der Waals surface area contributed by atoms with Gasteiger partial charge in [0.15, 0.2) is 17.3 Å². The zero-order valence-electron chi connectivity index (χ0n) is 17.0. The quantitative estimate of drug-likeness (QED) is 0.483. The number of aromatic nitrogens is 3. The van der Waals surface area contributed by atoms with Gasteiger partial charge in [-0.05, 0) is 60.7 Å². The van der Waals surface area contributed by atoms with Gasteiger partial charge in [-0.1, -0.05) is 0 Å². The predicted octanol–water partition coefficient (Wildman–Crippen LogP) is 4.33. The number of rotatable bonds is 7. The number of hydrogen-bond donors (Lipinski definition) is 1. The fourth-order valence-corrected chi connectivity index (χ4v) is 2.90. The zero-order valence-corrected chi connectivity index (χ0v) is 17.0. The molecule has 0 saturated carbocycles. The second-order valence-corrected chi connectivity index (χ2v) is 6.47. The van der Waals surface area contributed by atoms with Crippen LogP contribution in [0.2, 0.25) is 0 Å². The van der Waals surface area contributed by atoms with Crippen LogP contribution in [0.1, 0.15) is 10.4 Å². The number of hydrogen-bond acceptors (Lipinski definition) is 6. The number of methoxy groups -OCH3 is 2. The molecule has 4 aromatic rings. The monoisotopic (exact) mass is 416 g/mol. The van der Waals surface area contributed by atoms with Crippen molar-refractivity contribution >= 4 is 11.6 Å². The van der Waals surface area contributed by atoms with Crippen molar-refractivity contribution in [1.29, 1.82) is 0 Å². The van der Waals surface area contributed by atoms with E-state index < -0.39 is 0 Å². The van der Waals surface area contributed by atoms with Crippen molar-refractivity contribution in [2.45, 2.75) is 0 Å². The first-order valence-corrected chi connectivity index (χ1v) is 9.44. The molecule has 2 aromatic carbocycles. The Hall–Kier alpha value is -4.33. The fourth-order valence-electron chi connectivity index (χ4n) is 2.90. The summed E-state index contributed by atoms with van der Waals surface area (Å²) in [6.45, 7) is 0. The minimum atomic E-state index is -0.263. The average Bonchev–Trinajstić information content (AvgIpc) is 3.35. The minimum Gasteiger partial charge on any atom is -0.493 e. The van der Waals surface area contributed by atoms with Crippen LogP contribution in [0.5, 0.6) is 23.1 Å². The molecular formula is C23H20N4O4. The number of ether oxygens (including phenoxy) is 3. The van der Waals surface area contributed by atoms with Gasteiger partial charge in [0.05, 0.1) is 14.2 Å². The van der Waals surface area contributed by atoms with E-state index >= 15 is 0 Å². The molecule has 8 nitrogen and oxygen atoms in total. The lowest BCUT2D eigenvalue weighted by molar-refractivity contribution is 0.102. The summed E-state index contributed by atoms with van der Waals surface area (Å²) >= 11 is 0. The topological polar surface area (TPSA) is 87.5 Å². The van der Waals surface area contributed by atoms with Crippen molar-refractivity contribution in [3.63, 3.8) is 0 Å². The summed E-state index contributed by atoms with van der Waals surface area (Å²) in [6.07, 6.45) is 3.78. The maximum absolute atomic E-state index is 12.5. The van der Waals surface area contributed by atoms with Crippen LogP contribution in [0.3, 0.4) is 0 Å². The third-order valence-corrected chi connectivity index (χ3v) is 4.48. The first kappa shape index (κ1) is 20.0. The lowest BCUT2D eigenvalue weighted by atomic mass is 10.2. The van der Waals surface area contributed by atoms with E-state index in [0.717, 1.165) is 0 Å². The summed E-state index contributed by atoms with van der Waals surface area (Å²) in [4.78, 5) is 12.5. The summed E-state index contributed by atoms with van der Waals surface area (Å²) in [5.41, 5.74) is 1.08. The van der Waals surface area contributed by atoms with Gasteiger partial charge in [0.25, 0.3) is 5.91 Å². The Morgan fingerprint density at radius 2 is 1.61 bits per heavy atom. The molecule has 156 valence electrons. The molecule has 0 fully saturated rings. The van der Waals surface area contributed by atoms with Crippen molar-refractivity contribution in [3.8, 4) is 28.9 Å². The number of nitrogens with zero attached hydrogens (tertiary/aromatic N) is 3. The summed E-state index contributed by atoms with van der Waals surface area (Å²) in [7, 11) is 3.07. The predicted molar refractivity (Wildman–Crippen MR) is 115 cm³/mol. The molecule has 4 rings (SSSR count). The van der Waals surface area contributed by atoms with Gasteiger partial charge >= 0.3 is 0 Å². The molecule has 2 aromatic heterocycles. The van der Waals surface area contributed by atoms with E-state index in [0.29, 0.717) is 40.2 Å². The second-order valence-electron chi connectivity index (χ2n) is 6.47. The Labute approximate surface area is 179 Å². The van der Waals surface area contributed by atoms with Crippen molar-refractivity contribution < 1.29 is 19.0 Å². The van der Waals surface area contributed by atoms with E-state index in [1.807, 2.05) is 35.2 Å². The fraction of sp³-hybridized carbons (Fsp3) is 0.0870. The van der Waals surface area contributed by atoms with Gasteiger partial charge in [0.1, 0.15) is 5.75 Å². The molecule has 0 bridgehead atoms. The normalized spacial score (nSPS) is 10.4. The summed E-state index contributed by atoms with van der Waals surface area (Å²) in [5.74, 6) is 2.43. The lowest BCUT2D eigenvalue weighted by Gasteiger charge is -2.10. The van der Waals surface area contributed by atoms with Gasteiger partial charge in [0.2, 0.25) is 5.88 Å². The third-order valence-electron chi connectivity index (χ3n) is 4.48. The highest BCUT2D eigenvalue weighted by Crippen LogP contribution is 2.28. The van der Waals surface area contributed by atoms with Crippen LogP contribution in [0.25, 0.3) is 5.82 Å². The molecule has 1 amide bonds. The molecule has 0 aliphatic rings. The van der Waals surface area contributed by atoms with E-state index in [1.54, 1.807) is 55.6 Å². The molecule has 0 unspecified atom stereocenters. The van der Waals surface area contributed by atoms with Crippen molar-refractivity contribution in [2.24, 2.45) is 0 Å². The van der Waals surface area contributed by atoms with Crippen LogP contribution in [0, 0.1) is 0 Å². The van der Waals surface area contributed by atoms with Crippen molar-refractivity contribution in [1.82, 2.24) is 14.8 Å². The van der Waals surface area contributed by atoms with Crippen LogP contribution in [0.4, 0.5) is 5.69 Å². The van der Waals surface area contributed by atoms with E-state index in [-0.39, 0.29) is 5.91 Å². The Morgan fingerprint density at radius 1 is 0.871 bits per heavy atom. The highest BCUT2D eigenvalue weighted by Gasteiger charge is 2.11. The molecule has 31 heavy (non-hydrogen) atoms. The van der Waals surface area contributed by atoms with Crippen LogP contribution < -0.4 is 19.5 Å². The van der Waals surface area contributed by atoms with E-state index in [4.69, 9.17) is 14.2 Å². The molecule has 1 N–H and O–H groups in total. The van der Waals surface area contributed by atoms with Crippen molar-refractivity contribution in [2.75, 3.05) is 19.5 Å². The summed E-state index contributed by atoms with van der Waals surface area (Å²) in [6, 6.07) is 19.4. The molecule has 8 heteroatoms. The number of carbonyl (C=O) groups excluding carboxylic acids is 1. The minimum absolute atomic E-state index is 0.263. The number of nitrogens with one attached hydrogen (secondary N) is 1. The molecule has 2 heterocycles. The summed E-state index contributed by atoms with van der Waals surface area (Å²) in [5, 5.41) is 11.1. The zero-order chi connectivity index (χ0) is 21.6. The van der Waals surface area contributed by atoms with Crippen LogP contribution in [-0.2, 0) is 0 Å². The third kappa shape index (κ3) is 4.64. The summed E-state index contributed by atoms with van der Waals surface area (Å²) < 4.78 is 18.0. The van der Waals surface area contributed by atoms with Gasteiger partial charge in [-0.3, -0.25) is 4.79 Å². The number of benzene rings is 2. The van der Waals surface area contributed by atoms with Crippen LogP contribution in [-0.4, -0.2) is 34.9 Å². The standard InChI is InChI=1S/C23H20N4O4/c1-29-19-10-5-16(15-20(19)30-2)23(28)24-17-6-8-18(9-7-17)31-22-12-11-21(25-26-22)27-13-3-4-14-27/h3-15H,1-2H3,(H,24,28). The Kier molecular flexibility index (Phi) is 5.79. The highest BCUT2D eigenvalue weighted by atomic mass is 16.5. The van der Waals surface area contributed by atoms with Gasteiger partial charge < -0.3 is 24.1 Å². The van der Waals surface area contributed by atoms with Gasteiger partial charge in [-0.25, -0.2) is 0 Å². The van der Waals surface area contributed by atoms with Crippen LogP contribution >= 0.6 is 0 Å². The van der Waals surface area contributed by atoms with Gasteiger partial charge in [-0.15, -0.1) is 10.2 Å². The smallest absolute Gasteiger partial charge is 0.255 e. The van der Waals surface area contributed by atoms with E-state index in [9.17, 15) is 4.79 Å². The van der Waals surface area contributed by atoms with Crippen LogP contribution in [0.15, 0.2) is 79.1 Å². The molecular weight excluding hydrogens is 396 g/mol. The second kappa shape index (κ2) is 9.00. The largest absolute Gasteiger partial charge is 0.493 e. The van der Waals surface area contributed by atoms with E-state index in [1.165, 1.54) is 7.11 Å².